The Hall–Kier alpha value is -1.26. The lowest BCUT2D eigenvalue weighted by Gasteiger charge is -2.15. The Morgan fingerprint density at radius 1 is 1.47 bits per heavy atom. The number of aliphatic hydroxyl groups excluding tert-OH is 1. The lowest BCUT2D eigenvalue weighted by Crippen LogP contribution is -2.14. The average molecular weight is 211 g/mol. The fourth-order valence-electron chi connectivity index (χ4n) is 1.25. The molecule has 0 heterocycles. The molecule has 0 aromatic heterocycles. The molecule has 4 nitrogen and oxygen atoms in total. The number of ether oxygens (including phenoxy) is 2. The van der Waals surface area contributed by atoms with Gasteiger partial charge in [-0.15, -0.1) is 0 Å². The lowest BCUT2D eigenvalue weighted by atomic mass is 10.2. The van der Waals surface area contributed by atoms with Crippen LogP contribution in [0.3, 0.4) is 0 Å². The molecular formula is C11H17NO3. The molecule has 84 valence electrons. The van der Waals surface area contributed by atoms with E-state index in [9.17, 15) is 0 Å². The predicted octanol–water partition coefficient (Wildman–Crippen LogP) is 0.913. The Kier molecular flexibility index (Phi) is 4.39. The quantitative estimate of drug-likeness (QED) is 0.760. The Morgan fingerprint density at radius 3 is 2.73 bits per heavy atom. The molecule has 0 saturated heterocycles. The third kappa shape index (κ3) is 3.11. The Labute approximate surface area is 89.6 Å². The van der Waals surface area contributed by atoms with Crippen molar-refractivity contribution >= 4 is 0 Å². The smallest absolute Gasteiger partial charge is 0.165 e. The molecule has 1 unspecified atom stereocenters. The van der Waals surface area contributed by atoms with Gasteiger partial charge in [0.15, 0.2) is 11.5 Å². The topological polar surface area (TPSA) is 64.7 Å². The van der Waals surface area contributed by atoms with Crippen molar-refractivity contribution in [3.63, 3.8) is 0 Å². The summed E-state index contributed by atoms with van der Waals surface area (Å²) >= 11 is 0. The van der Waals surface area contributed by atoms with Gasteiger partial charge in [-0.2, -0.15) is 0 Å². The maximum Gasteiger partial charge on any atom is 0.165 e. The first-order chi connectivity index (χ1) is 7.19. The summed E-state index contributed by atoms with van der Waals surface area (Å²) in [5.74, 6) is 1.25. The maximum absolute atomic E-state index is 9.14. The largest absolute Gasteiger partial charge is 0.493 e. The van der Waals surface area contributed by atoms with Gasteiger partial charge in [-0.1, -0.05) is 12.1 Å². The summed E-state index contributed by atoms with van der Waals surface area (Å²) in [6, 6.07) is 5.53. The highest BCUT2D eigenvalue weighted by Crippen LogP contribution is 2.30. The van der Waals surface area contributed by atoms with Gasteiger partial charge in [0.05, 0.1) is 13.2 Å². The Balaban J connectivity index is 2.89. The van der Waals surface area contributed by atoms with Crippen molar-refractivity contribution in [2.75, 3.05) is 13.7 Å². The number of benzene rings is 1. The van der Waals surface area contributed by atoms with Gasteiger partial charge in [-0.3, -0.25) is 0 Å². The van der Waals surface area contributed by atoms with E-state index in [2.05, 4.69) is 0 Å². The van der Waals surface area contributed by atoms with Crippen LogP contribution >= 0.6 is 0 Å². The number of methoxy groups -OCH3 is 1. The van der Waals surface area contributed by atoms with E-state index < -0.39 is 6.10 Å². The molecule has 0 aliphatic carbocycles. The van der Waals surface area contributed by atoms with E-state index in [1.54, 1.807) is 20.1 Å². The molecule has 3 N–H and O–H groups in total. The summed E-state index contributed by atoms with van der Waals surface area (Å²) in [4.78, 5) is 0. The van der Waals surface area contributed by atoms with Crippen molar-refractivity contribution in [2.24, 2.45) is 5.73 Å². The van der Waals surface area contributed by atoms with Gasteiger partial charge in [-0.25, -0.2) is 0 Å². The van der Waals surface area contributed by atoms with E-state index in [0.717, 1.165) is 5.56 Å². The summed E-state index contributed by atoms with van der Waals surface area (Å²) in [6.45, 7) is 2.28. The van der Waals surface area contributed by atoms with Crippen LogP contribution in [-0.4, -0.2) is 24.9 Å². The summed E-state index contributed by atoms with van der Waals surface area (Å²) in [5.41, 5.74) is 6.45. The van der Waals surface area contributed by atoms with Gasteiger partial charge in [-0.05, 0) is 13.0 Å². The second-order valence-electron chi connectivity index (χ2n) is 3.31. The molecule has 15 heavy (non-hydrogen) atoms. The average Bonchev–Trinajstić information content (AvgIpc) is 2.25. The number of hydrogen-bond acceptors (Lipinski definition) is 4. The summed E-state index contributed by atoms with van der Waals surface area (Å²) < 4.78 is 10.6. The van der Waals surface area contributed by atoms with E-state index in [1.165, 1.54) is 0 Å². The van der Waals surface area contributed by atoms with Crippen LogP contribution in [0.4, 0.5) is 0 Å². The van der Waals surface area contributed by atoms with E-state index >= 15 is 0 Å². The fourth-order valence-corrected chi connectivity index (χ4v) is 1.25. The Bertz CT molecular complexity index is 290. The van der Waals surface area contributed by atoms with Crippen molar-refractivity contribution in [3.05, 3.63) is 23.8 Å². The highest BCUT2D eigenvalue weighted by molar-refractivity contribution is 5.46. The third-order valence-corrected chi connectivity index (χ3v) is 1.97. The number of aliphatic hydroxyl groups is 1. The molecule has 1 atom stereocenters. The predicted molar refractivity (Wildman–Crippen MR) is 58.1 cm³/mol. The van der Waals surface area contributed by atoms with Crippen LogP contribution in [0.5, 0.6) is 11.5 Å². The minimum absolute atomic E-state index is 0.230. The van der Waals surface area contributed by atoms with Crippen LogP contribution in [-0.2, 0) is 6.54 Å². The third-order valence-electron chi connectivity index (χ3n) is 1.97. The van der Waals surface area contributed by atoms with Crippen molar-refractivity contribution in [1.82, 2.24) is 0 Å². The zero-order chi connectivity index (χ0) is 11.3. The standard InChI is InChI=1S/C11H17NO3/c1-8(13)7-15-11-9(6-12)4-3-5-10(11)14-2/h3-5,8,13H,6-7,12H2,1-2H3. The molecule has 0 amide bonds. The highest BCUT2D eigenvalue weighted by atomic mass is 16.5. The molecule has 0 fully saturated rings. The van der Waals surface area contributed by atoms with Crippen LogP contribution in [0.1, 0.15) is 12.5 Å². The van der Waals surface area contributed by atoms with Crippen LogP contribution in [0.15, 0.2) is 18.2 Å². The second-order valence-corrected chi connectivity index (χ2v) is 3.31. The number of hydrogen-bond donors (Lipinski definition) is 2. The summed E-state index contributed by atoms with van der Waals surface area (Å²) in [5, 5.41) is 9.14. The summed E-state index contributed by atoms with van der Waals surface area (Å²) in [7, 11) is 1.57. The van der Waals surface area contributed by atoms with Crippen LogP contribution in [0.25, 0.3) is 0 Å². The van der Waals surface area contributed by atoms with E-state index in [1.807, 2.05) is 12.1 Å². The van der Waals surface area contributed by atoms with Gasteiger partial charge in [0, 0.05) is 12.1 Å². The lowest BCUT2D eigenvalue weighted by molar-refractivity contribution is 0.120. The van der Waals surface area contributed by atoms with Gasteiger partial charge >= 0.3 is 0 Å². The normalized spacial score (nSPS) is 12.3. The fraction of sp³-hybridized carbons (Fsp3) is 0.455. The first-order valence-electron chi connectivity index (χ1n) is 4.85. The van der Waals surface area contributed by atoms with Crippen molar-refractivity contribution in [2.45, 2.75) is 19.6 Å². The first-order valence-corrected chi connectivity index (χ1v) is 4.85. The molecule has 1 aromatic carbocycles. The highest BCUT2D eigenvalue weighted by Gasteiger charge is 2.10. The first kappa shape index (κ1) is 11.8. The van der Waals surface area contributed by atoms with Crippen molar-refractivity contribution in [3.8, 4) is 11.5 Å². The van der Waals surface area contributed by atoms with E-state index in [-0.39, 0.29) is 6.61 Å². The molecule has 4 heteroatoms. The van der Waals surface area contributed by atoms with Crippen LogP contribution in [0, 0.1) is 0 Å². The van der Waals surface area contributed by atoms with Crippen molar-refractivity contribution < 1.29 is 14.6 Å². The Morgan fingerprint density at radius 2 is 2.20 bits per heavy atom. The molecule has 0 radical (unpaired) electrons. The maximum atomic E-state index is 9.14. The number of rotatable bonds is 5. The number of nitrogens with two attached hydrogens (primary N) is 1. The monoisotopic (exact) mass is 211 g/mol. The zero-order valence-electron chi connectivity index (χ0n) is 9.06. The zero-order valence-corrected chi connectivity index (χ0v) is 9.06. The van der Waals surface area contributed by atoms with Gasteiger partial charge in [0.25, 0.3) is 0 Å². The molecular weight excluding hydrogens is 194 g/mol. The summed E-state index contributed by atoms with van der Waals surface area (Å²) in [6.07, 6.45) is -0.513. The van der Waals surface area contributed by atoms with Gasteiger partial charge < -0.3 is 20.3 Å². The van der Waals surface area contributed by atoms with Gasteiger partial charge in [0.1, 0.15) is 6.61 Å². The molecule has 0 aliphatic rings. The second kappa shape index (κ2) is 5.58. The molecule has 0 bridgehead atoms. The minimum Gasteiger partial charge on any atom is -0.493 e. The molecule has 1 rings (SSSR count). The molecule has 0 aliphatic heterocycles. The number of para-hydroxylation sites is 1. The van der Waals surface area contributed by atoms with Crippen LogP contribution < -0.4 is 15.2 Å². The molecule has 0 saturated carbocycles. The molecule has 0 spiro atoms. The minimum atomic E-state index is -0.513. The van der Waals surface area contributed by atoms with Gasteiger partial charge in [0.2, 0.25) is 0 Å². The van der Waals surface area contributed by atoms with E-state index in [0.29, 0.717) is 18.0 Å². The van der Waals surface area contributed by atoms with Crippen LogP contribution in [0.2, 0.25) is 0 Å². The van der Waals surface area contributed by atoms with E-state index in [4.69, 9.17) is 20.3 Å². The van der Waals surface area contributed by atoms with Crippen molar-refractivity contribution in [1.29, 1.82) is 0 Å². The SMILES string of the molecule is COc1cccc(CN)c1OCC(C)O. The molecule has 1 aromatic rings.